The zero-order valence-corrected chi connectivity index (χ0v) is 21.4. The predicted molar refractivity (Wildman–Crippen MR) is 138 cm³/mol. The minimum absolute atomic E-state index is 0.107. The van der Waals surface area contributed by atoms with Crippen LogP contribution in [0, 0.1) is 0 Å². The molecule has 3 N–H and O–H groups in total. The van der Waals surface area contributed by atoms with Crippen LogP contribution in [0.4, 0.5) is 18.9 Å². The van der Waals surface area contributed by atoms with Gasteiger partial charge in [-0.25, -0.2) is 13.4 Å². The van der Waals surface area contributed by atoms with Crippen molar-refractivity contribution in [3.63, 3.8) is 0 Å². The number of guanidine groups is 1. The minimum atomic E-state index is -4.73. The van der Waals surface area contributed by atoms with Crippen LogP contribution in [-0.2, 0) is 26.2 Å². The molecule has 1 aliphatic heterocycles. The first-order valence-electron chi connectivity index (χ1n) is 11.0. The van der Waals surface area contributed by atoms with E-state index in [0.717, 1.165) is 30.0 Å². The van der Waals surface area contributed by atoms with Gasteiger partial charge in [-0.15, -0.1) is 4.40 Å². The number of alkyl halides is 3. The third-order valence-electron chi connectivity index (χ3n) is 5.54. The average Bonchev–Trinajstić information content (AvgIpc) is 3.29. The Kier molecular flexibility index (Phi) is 7.21. The molecule has 9 nitrogen and oxygen atoms in total. The van der Waals surface area contributed by atoms with E-state index in [1.807, 2.05) is 30.3 Å². The van der Waals surface area contributed by atoms with Gasteiger partial charge < -0.3 is 5.73 Å². The quantitative estimate of drug-likeness (QED) is 0.347. The maximum absolute atomic E-state index is 13.1. The van der Waals surface area contributed by atoms with Crippen molar-refractivity contribution < 1.29 is 30.0 Å². The number of anilines is 1. The van der Waals surface area contributed by atoms with Gasteiger partial charge in [0.1, 0.15) is 0 Å². The van der Waals surface area contributed by atoms with Crippen LogP contribution in [0.2, 0.25) is 0 Å². The molecule has 200 valence electrons. The molecule has 4 rings (SSSR count). The Morgan fingerprint density at radius 1 is 1.00 bits per heavy atom. The van der Waals surface area contributed by atoms with Gasteiger partial charge >= 0.3 is 6.18 Å². The predicted octanol–water partition coefficient (Wildman–Crippen LogP) is 3.58. The van der Waals surface area contributed by atoms with Crippen molar-refractivity contribution >= 4 is 37.4 Å². The maximum Gasteiger partial charge on any atom is 0.416 e. The van der Waals surface area contributed by atoms with Gasteiger partial charge in [0, 0.05) is 11.6 Å². The number of halogens is 3. The number of sulfonamides is 2. The Balaban J connectivity index is 1.69. The zero-order valence-electron chi connectivity index (χ0n) is 19.8. The highest BCUT2D eigenvalue weighted by Crippen LogP contribution is 2.32. The number of hydrogen-bond acceptors (Lipinski definition) is 5. The van der Waals surface area contributed by atoms with E-state index in [0.29, 0.717) is 23.0 Å². The zero-order chi connectivity index (χ0) is 27.7. The lowest BCUT2D eigenvalue weighted by Gasteiger charge is -2.16. The molecular formula is C24H22F3N5O4S2. The number of rotatable bonds is 6. The van der Waals surface area contributed by atoms with Gasteiger partial charge in [-0.3, -0.25) is 4.72 Å². The van der Waals surface area contributed by atoms with Crippen LogP contribution >= 0.6 is 0 Å². The lowest BCUT2D eigenvalue weighted by molar-refractivity contribution is -0.137. The number of hydrogen-bond donors (Lipinski definition) is 2. The molecule has 1 atom stereocenters. The molecule has 0 spiro atoms. The summed E-state index contributed by atoms with van der Waals surface area (Å²) in [6.07, 6.45) is -3.70. The van der Waals surface area contributed by atoms with Crippen LogP contribution in [-0.4, -0.2) is 46.3 Å². The normalized spacial score (nSPS) is 16.8. The Hall–Kier alpha value is -3.91. The Labute approximate surface area is 217 Å². The molecule has 0 saturated carbocycles. The standard InChI is InChI=1S/C24H22F3N5O4S2/c1-37(33,34)30-19-12-10-17(11-13-19)22-21(16-6-3-2-4-7-16)15-32(29-22)23(28)31-38(35,36)20-9-5-8-18(14-20)24(25,26)27/h2-14,21,30H,15H2,1H3,(H2,28,31). The first-order chi connectivity index (χ1) is 17.7. The smallest absolute Gasteiger partial charge is 0.367 e. The summed E-state index contributed by atoms with van der Waals surface area (Å²) in [4.78, 5) is -0.660. The lowest BCUT2D eigenvalue weighted by Crippen LogP contribution is -2.33. The number of nitrogens with two attached hydrogens (primary N) is 1. The van der Waals surface area contributed by atoms with Gasteiger partial charge in [0.15, 0.2) is 0 Å². The highest BCUT2D eigenvalue weighted by molar-refractivity contribution is 7.92. The van der Waals surface area contributed by atoms with E-state index in [2.05, 4.69) is 14.2 Å². The van der Waals surface area contributed by atoms with Gasteiger partial charge in [-0.1, -0.05) is 48.5 Å². The van der Waals surface area contributed by atoms with E-state index in [9.17, 15) is 30.0 Å². The number of hydrazone groups is 1. The summed E-state index contributed by atoms with van der Waals surface area (Å²) >= 11 is 0. The Morgan fingerprint density at radius 2 is 1.66 bits per heavy atom. The van der Waals surface area contributed by atoms with Crippen LogP contribution in [0.1, 0.15) is 22.6 Å². The molecule has 0 aromatic heterocycles. The summed E-state index contributed by atoms with van der Waals surface area (Å²) in [5.74, 6) is -0.886. The number of nitrogens with zero attached hydrogens (tertiary/aromatic N) is 3. The molecule has 3 aromatic rings. The third-order valence-corrected chi connectivity index (χ3v) is 7.42. The maximum atomic E-state index is 13.1. The van der Waals surface area contributed by atoms with Crippen LogP contribution in [0.25, 0.3) is 0 Å². The van der Waals surface area contributed by atoms with Gasteiger partial charge in [0.2, 0.25) is 16.0 Å². The van der Waals surface area contributed by atoms with Crippen molar-refractivity contribution in [1.29, 1.82) is 0 Å². The first kappa shape index (κ1) is 27.1. The van der Waals surface area contributed by atoms with E-state index in [1.54, 1.807) is 24.3 Å². The average molecular weight is 566 g/mol. The molecule has 3 aromatic carbocycles. The van der Waals surface area contributed by atoms with Crippen LogP contribution in [0.5, 0.6) is 0 Å². The molecule has 1 aliphatic rings. The Bertz CT molecular complexity index is 1610. The molecule has 1 heterocycles. The lowest BCUT2D eigenvalue weighted by atomic mass is 9.90. The van der Waals surface area contributed by atoms with E-state index in [4.69, 9.17) is 5.73 Å². The van der Waals surface area contributed by atoms with Gasteiger partial charge in [0.25, 0.3) is 10.0 Å². The highest BCUT2D eigenvalue weighted by Gasteiger charge is 2.33. The van der Waals surface area contributed by atoms with Gasteiger partial charge in [0.05, 0.1) is 29.0 Å². The SMILES string of the molecule is CS(=O)(=O)Nc1ccc(C2=NN(/C(N)=N/S(=O)(=O)c3cccc(C(F)(F)F)c3)CC2c2ccccc2)cc1. The van der Waals surface area contributed by atoms with Gasteiger partial charge in [-0.2, -0.15) is 26.7 Å². The number of benzene rings is 3. The molecule has 0 bridgehead atoms. The summed E-state index contributed by atoms with van der Waals surface area (Å²) in [5, 5.41) is 5.63. The largest absolute Gasteiger partial charge is 0.416 e. The van der Waals surface area contributed by atoms with E-state index in [1.165, 1.54) is 5.01 Å². The second kappa shape index (κ2) is 10.1. The van der Waals surface area contributed by atoms with Crippen molar-refractivity contribution in [3.8, 4) is 0 Å². The third kappa shape index (κ3) is 6.31. The molecule has 0 radical (unpaired) electrons. The van der Waals surface area contributed by atoms with E-state index >= 15 is 0 Å². The summed E-state index contributed by atoms with van der Waals surface area (Å²) in [5.41, 5.74) is 7.18. The Morgan fingerprint density at radius 3 is 2.26 bits per heavy atom. The van der Waals surface area contributed by atoms with Crippen molar-refractivity contribution in [2.45, 2.75) is 17.0 Å². The molecule has 0 fully saturated rings. The molecule has 0 saturated heterocycles. The van der Waals surface area contributed by atoms with Crippen molar-refractivity contribution in [1.82, 2.24) is 5.01 Å². The molecule has 0 aliphatic carbocycles. The molecular weight excluding hydrogens is 543 g/mol. The van der Waals surface area contributed by atoms with Crippen LogP contribution in [0.3, 0.4) is 0 Å². The topological polar surface area (TPSA) is 134 Å². The monoisotopic (exact) mass is 565 g/mol. The molecule has 38 heavy (non-hydrogen) atoms. The fraction of sp³-hybridized carbons (Fsp3) is 0.167. The second-order valence-electron chi connectivity index (χ2n) is 8.43. The van der Waals surface area contributed by atoms with Crippen LogP contribution < -0.4 is 10.5 Å². The van der Waals surface area contributed by atoms with E-state index < -0.39 is 42.6 Å². The van der Waals surface area contributed by atoms with Crippen molar-refractivity contribution in [2.75, 3.05) is 17.5 Å². The molecule has 14 heteroatoms. The number of nitrogens with one attached hydrogen (secondary N) is 1. The fourth-order valence-corrected chi connectivity index (χ4v) is 5.37. The first-order valence-corrected chi connectivity index (χ1v) is 14.3. The molecule has 0 amide bonds. The summed E-state index contributed by atoms with van der Waals surface area (Å²) in [6, 6.07) is 18.8. The van der Waals surface area contributed by atoms with Gasteiger partial charge in [-0.05, 0) is 41.5 Å². The summed E-state index contributed by atoms with van der Waals surface area (Å²) in [6.45, 7) is 0.107. The fourth-order valence-electron chi connectivity index (χ4n) is 3.83. The van der Waals surface area contributed by atoms with Crippen molar-refractivity contribution in [3.05, 3.63) is 95.6 Å². The molecule has 1 unspecified atom stereocenters. The second-order valence-corrected chi connectivity index (χ2v) is 11.8. The van der Waals surface area contributed by atoms with E-state index in [-0.39, 0.29) is 12.5 Å². The van der Waals surface area contributed by atoms with Crippen LogP contribution in [0.15, 0.2) is 93.3 Å². The summed E-state index contributed by atoms with van der Waals surface area (Å²) < 4.78 is 93.6. The minimum Gasteiger partial charge on any atom is -0.367 e. The summed E-state index contributed by atoms with van der Waals surface area (Å²) in [7, 11) is -8.05. The van der Waals surface area contributed by atoms with Crippen molar-refractivity contribution in [2.24, 2.45) is 15.2 Å². The highest BCUT2D eigenvalue weighted by atomic mass is 32.2.